The molecule has 122 valence electrons. The van der Waals surface area contributed by atoms with Gasteiger partial charge in [-0.2, -0.15) is 0 Å². The second-order valence-electron chi connectivity index (χ2n) is 5.56. The molecule has 0 atom stereocenters. The van der Waals surface area contributed by atoms with E-state index in [2.05, 4.69) is 5.32 Å². The quantitative estimate of drug-likeness (QED) is 0.650. The molecule has 8 heteroatoms. The van der Waals surface area contributed by atoms with E-state index < -0.39 is 26.5 Å². The third kappa shape index (κ3) is 6.44. The van der Waals surface area contributed by atoms with Crippen LogP contribution >= 0.6 is 10.7 Å². The van der Waals surface area contributed by atoms with Gasteiger partial charge in [-0.1, -0.05) is 6.07 Å². The summed E-state index contributed by atoms with van der Waals surface area (Å²) < 4.78 is 27.5. The molecule has 0 aromatic heterocycles. The average molecular weight is 348 g/mol. The lowest BCUT2D eigenvalue weighted by Gasteiger charge is -2.19. The van der Waals surface area contributed by atoms with Crippen LogP contribution in [0, 0.1) is 0 Å². The van der Waals surface area contributed by atoms with Crippen molar-refractivity contribution in [1.82, 2.24) is 5.32 Å². The van der Waals surface area contributed by atoms with E-state index in [-0.39, 0.29) is 23.4 Å². The molecule has 1 rings (SSSR count). The van der Waals surface area contributed by atoms with Gasteiger partial charge in [-0.3, -0.25) is 9.59 Å². The maximum Gasteiger partial charge on any atom is 0.308 e. The van der Waals surface area contributed by atoms with E-state index in [1.54, 1.807) is 20.8 Å². The van der Waals surface area contributed by atoms with Gasteiger partial charge < -0.3 is 10.1 Å². The van der Waals surface area contributed by atoms with Crippen molar-refractivity contribution in [3.05, 3.63) is 29.8 Å². The Kier molecular flexibility index (Phi) is 5.96. The molecule has 0 aliphatic carbocycles. The Bertz CT molecular complexity index is 664. The van der Waals surface area contributed by atoms with E-state index in [1.165, 1.54) is 24.3 Å². The van der Waals surface area contributed by atoms with Crippen LogP contribution in [0.25, 0.3) is 0 Å². The van der Waals surface area contributed by atoms with E-state index in [1.807, 2.05) is 0 Å². The van der Waals surface area contributed by atoms with E-state index >= 15 is 0 Å². The first-order valence-corrected chi connectivity index (χ1v) is 8.85. The van der Waals surface area contributed by atoms with Gasteiger partial charge in [0.15, 0.2) is 0 Å². The summed E-state index contributed by atoms with van der Waals surface area (Å²) in [6.07, 6.45) is 0.0243. The van der Waals surface area contributed by atoms with Crippen LogP contribution in [-0.4, -0.2) is 32.4 Å². The summed E-state index contributed by atoms with van der Waals surface area (Å²) >= 11 is 0. The minimum Gasteiger partial charge on any atom is -0.460 e. The van der Waals surface area contributed by atoms with Crippen molar-refractivity contribution in [1.29, 1.82) is 0 Å². The van der Waals surface area contributed by atoms with Crippen LogP contribution in [0.5, 0.6) is 0 Å². The molecule has 0 radical (unpaired) electrons. The van der Waals surface area contributed by atoms with Crippen LogP contribution in [0.1, 0.15) is 37.6 Å². The van der Waals surface area contributed by atoms with Gasteiger partial charge in [-0.05, 0) is 39.0 Å². The van der Waals surface area contributed by atoms with Crippen LogP contribution < -0.4 is 5.32 Å². The maximum atomic E-state index is 11.9. The normalized spacial score (nSPS) is 11.8. The molecule has 0 aliphatic heterocycles. The van der Waals surface area contributed by atoms with Crippen molar-refractivity contribution >= 4 is 31.6 Å². The monoisotopic (exact) mass is 347 g/mol. The summed E-state index contributed by atoms with van der Waals surface area (Å²) in [5, 5.41) is 2.52. The van der Waals surface area contributed by atoms with E-state index in [0.29, 0.717) is 0 Å². The highest BCUT2D eigenvalue weighted by atomic mass is 35.7. The van der Waals surface area contributed by atoms with Gasteiger partial charge in [0.1, 0.15) is 5.60 Å². The number of nitrogens with one attached hydrogen (secondary N) is 1. The summed E-state index contributed by atoms with van der Waals surface area (Å²) in [7, 11) is 1.33. The van der Waals surface area contributed by atoms with Gasteiger partial charge in [-0.25, -0.2) is 8.42 Å². The van der Waals surface area contributed by atoms with Gasteiger partial charge in [0, 0.05) is 22.8 Å². The summed E-state index contributed by atoms with van der Waals surface area (Å²) in [5.41, 5.74) is -0.435. The molecule has 1 aromatic carbocycles. The zero-order valence-corrected chi connectivity index (χ0v) is 14.1. The molecule has 1 amide bonds. The van der Waals surface area contributed by atoms with Crippen molar-refractivity contribution in [3.8, 4) is 0 Å². The van der Waals surface area contributed by atoms with Gasteiger partial charge in [0.05, 0.1) is 11.3 Å². The Morgan fingerprint density at radius 3 is 2.45 bits per heavy atom. The zero-order chi connectivity index (χ0) is 17.0. The predicted molar refractivity (Wildman–Crippen MR) is 82.3 cm³/mol. The summed E-state index contributed by atoms with van der Waals surface area (Å²) in [4.78, 5) is 23.2. The smallest absolute Gasteiger partial charge is 0.308 e. The summed E-state index contributed by atoms with van der Waals surface area (Å²) in [6.45, 7) is 5.34. The van der Waals surface area contributed by atoms with E-state index in [9.17, 15) is 18.0 Å². The number of carbonyl (C=O) groups is 2. The molecule has 22 heavy (non-hydrogen) atoms. The number of hydrogen-bond donors (Lipinski definition) is 1. The molecule has 0 spiro atoms. The van der Waals surface area contributed by atoms with Crippen LogP contribution in [0.15, 0.2) is 29.2 Å². The van der Waals surface area contributed by atoms with Crippen molar-refractivity contribution in [2.75, 3.05) is 6.54 Å². The Balaban J connectivity index is 2.58. The van der Waals surface area contributed by atoms with Crippen molar-refractivity contribution < 1.29 is 22.7 Å². The highest BCUT2D eigenvalue weighted by molar-refractivity contribution is 8.13. The molecule has 0 unspecified atom stereocenters. The minimum atomic E-state index is -3.90. The van der Waals surface area contributed by atoms with Crippen LogP contribution in [-0.2, 0) is 18.6 Å². The first-order chi connectivity index (χ1) is 9.99. The summed E-state index contributed by atoms with van der Waals surface area (Å²) in [6, 6.07) is 5.33. The fraction of sp³-hybridized carbons (Fsp3) is 0.429. The third-order valence-electron chi connectivity index (χ3n) is 2.41. The lowest BCUT2D eigenvalue weighted by Crippen LogP contribution is -2.29. The Labute approximate surface area is 134 Å². The molecule has 1 aromatic rings. The SMILES string of the molecule is CC(C)(C)OC(=O)CCNC(=O)c1cccc(S(=O)(=O)Cl)c1. The van der Waals surface area contributed by atoms with Crippen LogP contribution in [0.2, 0.25) is 0 Å². The Morgan fingerprint density at radius 2 is 1.91 bits per heavy atom. The molecular weight excluding hydrogens is 330 g/mol. The lowest BCUT2D eigenvalue weighted by atomic mass is 10.2. The number of benzene rings is 1. The maximum absolute atomic E-state index is 11.9. The number of halogens is 1. The van der Waals surface area contributed by atoms with Gasteiger partial charge in [0.25, 0.3) is 15.0 Å². The third-order valence-corrected chi connectivity index (χ3v) is 3.76. The highest BCUT2D eigenvalue weighted by Crippen LogP contribution is 2.16. The second-order valence-corrected chi connectivity index (χ2v) is 8.12. The molecule has 0 saturated carbocycles. The predicted octanol–water partition coefficient (Wildman–Crippen LogP) is 2.08. The number of esters is 1. The standard InChI is InChI=1S/C14H18ClNO5S/c1-14(2,3)21-12(17)7-8-16-13(18)10-5-4-6-11(9-10)22(15,19)20/h4-6,9H,7-8H2,1-3H3,(H,16,18). The van der Waals surface area contributed by atoms with E-state index in [0.717, 1.165) is 0 Å². The van der Waals surface area contributed by atoms with Crippen molar-refractivity contribution in [3.63, 3.8) is 0 Å². The van der Waals surface area contributed by atoms with Gasteiger partial charge >= 0.3 is 5.97 Å². The highest BCUT2D eigenvalue weighted by Gasteiger charge is 2.17. The largest absolute Gasteiger partial charge is 0.460 e. The van der Waals surface area contributed by atoms with E-state index in [4.69, 9.17) is 15.4 Å². The fourth-order valence-electron chi connectivity index (χ4n) is 1.56. The first-order valence-electron chi connectivity index (χ1n) is 6.54. The molecule has 0 fully saturated rings. The number of carbonyl (C=O) groups excluding carboxylic acids is 2. The fourth-order valence-corrected chi connectivity index (χ4v) is 2.36. The topological polar surface area (TPSA) is 89.5 Å². The molecule has 0 saturated heterocycles. The Hall–Kier alpha value is -1.60. The molecule has 0 heterocycles. The Morgan fingerprint density at radius 1 is 1.27 bits per heavy atom. The van der Waals surface area contributed by atoms with Crippen LogP contribution in [0.4, 0.5) is 0 Å². The van der Waals surface area contributed by atoms with Crippen LogP contribution in [0.3, 0.4) is 0 Å². The van der Waals surface area contributed by atoms with Crippen molar-refractivity contribution in [2.24, 2.45) is 0 Å². The minimum absolute atomic E-state index is 0.0243. The molecule has 0 bridgehead atoms. The second kappa shape index (κ2) is 7.11. The first kappa shape index (κ1) is 18.4. The number of hydrogen-bond acceptors (Lipinski definition) is 5. The molecule has 6 nitrogen and oxygen atoms in total. The summed E-state index contributed by atoms with van der Waals surface area (Å²) in [5.74, 6) is -0.921. The van der Waals surface area contributed by atoms with Gasteiger partial charge in [-0.15, -0.1) is 0 Å². The number of amides is 1. The molecule has 1 N–H and O–H groups in total. The molecular formula is C14H18ClNO5S. The lowest BCUT2D eigenvalue weighted by molar-refractivity contribution is -0.154. The van der Waals surface area contributed by atoms with Crippen molar-refractivity contribution in [2.45, 2.75) is 37.7 Å². The number of rotatable bonds is 5. The van der Waals surface area contributed by atoms with Gasteiger partial charge in [0.2, 0.25) is 0 Å². The molecule has 0 aliphatic rings. The number of ether oxygens (including phenoxy) is 1. The average Bonchev–Trinajstić information content (AvgIpc) is 2.35. The zero-order valence-electron chi connectivity index (χ0n) is 12.6.